The molecule has 142 valence electrons. The molecule has 0 fully saturated rings. The van der Waals surface area contributed by atoms with Crippen LogP contribution in [0, 0.1) is 18.3 Å². The molecule has 1 heterocycles. The summed E-state index contributed by atoms with van der Waals surface area (Å²) in [5.74, 6) is 0.103. The van der Waals surface area contributed by atoms with Crippen LogP contribution in [0.4, 0.5) is 11.4 Å². The van der Waals surface area contributed by atoms with Crippen LogP contribution in [-0.2, 0) is 11.3 Å². The zero-order chi connectivity index (χ0) is 20.0. The van der Waals surface area contributed by atoms with E-state index in [1.54, 1.807) is 18.2 Å². The van der Waals surface area contributed by atoms with Crippen LogP contribution in [0.15, 0.2) is 33.2 Å². The van der Waals surface area contributed by atoms with E-state index >= 15 is 0 Å². The van der Waals surface area contributed by atoms with Crippen molar-refractivity contribution >= 4 is 23.0 Å². The number of azo groups is 1. The van der Waals surface area contributed by atoms with Crippen molar-refractivity contribution in [1.82, 2.24) is 4.57 Å². The molecule has 0 aliphatic carbocycles. The number of hydrogen-bond donors (Lipinski definition) is 1. The number of aromatic hydroxyl groups is 1. The van der Waals surface area contributed by atoms with Crippen molar-refractivity contribution in [2.75, 3.05) is 20.8 Å². The average molecular weight is 391 g/mol. The molecule has 0 spiro atoms. The van der Waals surface area contributed by atoms with Crippen molar-refractivity contribution < 1.29 is 14.6 Å². The second-order valence-electron chi connectivity index (χ2n) is 5.61. The Hall–Kier alpha value is -2.89. The molecule has 0 aliphatic heterocycles. The smallest absolute Gasteiger partial charge is 0.281 e. The molecule has 0 saturated heterocycles. The van der Waals surface area contributed by atoms with Crippen LogP contribution in [0.1, 0.15) is 17.5 Å². The number of halogens is 1. The normalized spacial score (nSPS) is 10.9. The minimum atomic E-state index is -0.538. The highest BCUT2D eigenvalue weighted by molar-refractivity contribution is 6.32. The topological polar surface area (TPSA) is 109 Å². The fraction of sp³-hybridized carbons (Fsp3) is 0.333. The molecule has 0 unspecified atom stereocenters. The number of aromatic nitrogens is 1. The summed E-state index contributed by atoms with van der Waals surface area (Å²) < 4.78 is 11.1. The monoisotopic (exact) mass is 390 g/mol. The quantitative estimate of drug-likeness (QED) is 0.570. The largest absolute Gasteiger partial charge is 0.495 e. The van der Waals surface area contributed by atoms with Crippen LogP contribution < -0.4 is 10.3 Å². The van der Waals surface area contributed by atoms with Crippen molar-refractivity contribution in [3.05, 3.63) is 44.7 Å². The highest BCUT2D eigenvalue weighted by Crippen LogP contribution is 2.30. The van der Waals surface area contributed by atoms with Gasteiger partial charge in [-0.3, -0.25) is 9.36 Å². The van der Waals surface area contributed by atoms with Crippen LogP contribution in [0.3, 0.4) is 0 Å². The molecule has 0 amide bonds. The molecule has 1 aromatic heterocycles. The predicted octanol–water partition coefficient (Wildman–Crippen LogP) is 3.85. The zero-order valence-corrected chi connectivity index (χ0v) is 15.9. The molecule has 0 atom stereocenters. The lowest BCUT2D eigenvalue weighted by Gasteiger charge is -2.12. The first-order chi connectivity index (χ1) is 12.9. The number of pyridine rings is 1. The number of methoxy groups -OCH3 is 2. The van der Waals surface area contributed by atoms with Crippen molar-refractivity contribution in [2.45, 2.75) is 19.9 Å². The Morgan fingerprint density at radius 2 is 2.07 bits per heavy atom. The van der Waals surface area contributed by atoms with E-state index in [0.29, 0.717) is 29.5 Å². The number of nitrogens with zero attached hydrogens (tertiary/aromatic N) is 4. The average Bonchev–Trinajstić information content (AvgIpc) is 2.65. The number of benzene rings is 1. The van der Waals surface area contributed by atoms with E-state index in [1.807, 2.05) is 6.07 Å². The highest BCUT2D eigenvalue weighted by Gasteiger charge is 2.19. The number of rotatable bonds is 7. The SMILES string of the molecule is COCCCn1c(O)c(C#N)c(C)c(N=Nc2ccc(OC)c(Cl)c2)c1=O. The van der Waals surface area contributed by atoms with Gasteiger partial charge in [-0.25, -0.2) is 0 Å². The van der Waals surface area contributed by atoms with Gasteiger partial charge in [0.05, 0.1) is 17.8 Å². The van der Waals surface area contributed by atoms with Crippen LogP contribution in [-0.4, -0.2) is 30.5 Å². The molecule has 9 heteroatoms. The first kappa shape index (κ1) is 20.4. The third-order valence-corrected chi connectivity index (χ3v) is 4.20. The van der Waals surface area contributed by atoms with Gasteiger partial charge < -0.3 is 14.6 Å². The Balaban J connectivity index is 2.49. The molecule has 0 radical (unpaired) electrons. The number of hydrogen-bond acceptors (Lipinski definition) is 7. The lowest BCUT2D eigenvalue weighted by atomic mass is 10.1. The molecule has 27 heavy (non-hydrogen) atoms. The lowest BCUT2D eigenvalue weighted by molar-refractivity contribution is 0.188. The van der Waals surface area contributed by atoms with Gasteiger partial charge in [-0.15, -0.1) is 5.11 Å². The minimum absolute atomic E-state index is 0.0197. The highest BCUT2D eigenvalue weighted by atomic mass is 35.5. The summed E-state index contributed by atoms with van der Waals surface area (Å²) in [6.07, 6.45) is 0.489. The number of ether oxygens (including phenoxy) is 2. The Morgan fingerprint density at radius 3 is 2.67 bits per heavy atom. The second-order valence-corrected chi connectivity index (χ2v) is 6.01. The van der Waals surface area contributed by atoms with Gasteiger partial charge in [-0.1, -0.05) is 11.6 Å². The molecule has 0 saturated carbocycles. The van der Waals surface area contributed by atoms with Crippen LogP contribution in [0.2, 0.25) is 5.02 Å². The predicted molar refractivity (Wildman–Crippen MR) is 100 cm³/mol. The third-order valence-electron chi connectivity index (χ3n) is 3.90. The van der Waals surface area contributed by atoms with Crippen LogP contribution in [0.5, 0.6) is 11.6 Å². The van der Waals surface area contributed by atoms with E-state index in [-0.39, 0.29) is 29.2 Å². The first-order valence-electron chi connectivity index (χ1n) is 8.05. The zero-order valence-electron chi connectivity index (χ0n) is 15.2. The lowest BCUT2D eigenvalue weighted by Crippen LogP contribution is -2.22. The molecular weight excluding hydrogens is 372 g/mol. The summed E-state index contributed by atoms with van der Waals surface area (Å²) in [4.78, 5) is 12.7. The summed E-state index contributed by atoms with van der Waals surface area (Å²) in [6, 6.07) is 6.71. The van der Waals surface area contributed by atoms with Crippen molar-refractivity contribution in [3.63, 3.8) is 0 Å². The molecule has 1 N–H and O–H groups in total. The van der Waals surface area contributed by atoms with E-state index in [0.717, 1.165) is 4.57 Å². The van der Waals surface area contributed by atoms with Crippen LogP contribution in [0.25, 0.3) is 0 Å². The standard InChI is InChI=1S/C18H19ClN4O4/c1-11-13(10-20)17(24)23(7-4-8-26-2)18(25)16(11)22-21-12-5-6-15(27-3)14(19)9-12/h5-6,9,24H,4,7-8H2,1-3H3. The van der Waals surface area contributed by atoms with Gasteiger partial charge in [0.25, 0.3) is 5.56 Å². The maximum Gasteiger partial charge on any atom is 0.281 e. The summed E-state index contributed by atoms with van der Waals surface area (Å²) >= 11 is 6.06. The molecule has 1 aromatic carbocycles. The molecule has 2 rings (SSSR count). The second kappa shape index (κ2) is 9.16. The fourth-order valence-corrected chi connectivity index (χ4v) is 2.71. The maximum absolute atomic E-state index is 12.7. The Labute approximate surface area is 161 Å². The van der Waals surface area contributed by atoms with E-state index < -0.39 is 5.56 Å². The van der Waals surface area contributed by atoms with Gasteiger partial charge in [-0.2, -0.15) is 10.4 Å². The molecule has 0 bridgehead atoms. The van der Waals surface area contributed by atoms with E-state index in [1.165, 1.54) is 21.1 Å². The summed E-state index contributed by atoms with van der Waals surface area (Å²) in [5, 5.41) is 28.0. The summed E-state index contributed by atoms with van der Waals surface area (Å²) in [7, 11) is 3.04. The van der Waals surface area contributed by atoms with Gasteiger partial charge in [-0.05, 0) is 31.5 Å². The first-order valence-corrected chi connectivity index (χ1v) is 8.43. The Kier molecular flexibility index (Phi) is 6.93. The Morgan fingerprint density at radius 1 is 1.33 bits per heavy atom. The van der Waals surface area contributed by atoms with Gasteiger partial charge in [0.15, 0.2) is 5.69 Å². The molecule has 8 nitrogen and oxygen atoms in total. The number of nitriles is 1. The van der Waals surface area contributed by atoms with E-state index in [2.05, 4.69) is 10.2 Å². The third kappa shape index (κ3) is 4.45. The molecular formula is C18H19ClN4O4. The van der Waals surface area contributed by atoms with E-state index in [4.69, 9.17) is 21.1 Å². The molecule has 2 aromatic rings. The van der Waals surface area contributed by atoms with Crippen LogP contribution >= 0.6 is 11.6 Å². The van der Waals surface area contributed by atoms with Gasteiger partial charge in [0.1, 0.15) is 17.4 Å². The van der Waals surface area contributed by atoms with Gasteiger partial charge in [0.2, 0.25) is 5.88 Å². The Bertz CT molecular complexity index is 963. The van der Waals surface area contributed by atoms with Crippen molar-refractivity contribution in [3.8, 4) is 17.7 Å². The van der Waals surface area contributed by atoms with Gasteiger partial charge in [0, 0.05) is 25.8 Å². The fourth-order valence-electron chi connectivity index (χ4n) is 2.46. The van der Waals surface area contributed by atoms with Crippen molar-refractivity contribution in [2.24, 2.45) is 10.2 Å². The van der Waals surface area contributed by atoms with E-state index in [9.17, 15) is 15.2 Å². The summed E-state index contributed by atoms with van der Waals surface area (Å²) in [6.45, 7) is 2.13. The van der Waals surface area contributed by atoms with Gasteiger partial charge >= 0.3 is 0 Å². The van der Waals surface area contributed by atoms with Crippen molar-refractivity contribution in [1.29, 1.82) is 5.26 Å². The molecule has 0 aliphatic rings. The minimum Gasteiger partial charge on any atom is -0.495 e. The maximum atomic E-state index is 12.7. The summed E-state index contributed by atoms with van der Waals surface area (Å²) in [5.41, 5.74) is 0.0920.